The zero-order valence-electron chi connectivity index (χ0n) is 24.4. The lowest BCUT2D eigenvalue weighted by molar-refractivity contribution is -0.132. The smallest absolute Gasteiger partial charge is 0.301 e. The normalized spacial score (nSPS) is 16.0. The topological polar surface area (TPSA) is 102 Å². The summed E-state index contributed by atoms with van der Waals surface area (Å²) < 4.78 is 12.2. The monoisotopic (exact) mass is 649 g/mol. The van der Waals surface area contributed by atoms with Crippen molar-refractivity contribution in [3.8, 4) is 11.5 Å². The summed E-state index contributed by atoms with van der Waals surface area (Å²) in [5.41, 5.74) is 2.02. The number of benzene rings is 3. The number of thioether (sulfide) groups is 1. The van der Waals surface area contributed by atoms with Crippen LogP contribution in [0.3, 0.4) is 0 Å². The molecule has 1 N–H and O–H groups in total. The molecule has 1 saturated heterocycles. The lowest BCUT2D eigenvalue weighted by Crippen LogP contribution is -2.29. The Hall–Kier alpha value is -3.86. The molecule has 8 nitrogen and oxygen atoms in total. The lowest BCUT2D eigenvalue weighted by Gasteiger charge is -2.23. The number of hydrogen-bond acceptors (Lipinski definition) is 9. The van der Waals surface area contributed by atoms with Crippen molar-refractivity contribution in [1.29, 1.82) is 0 Å². The van der Waals surface area contributed by atoms with Crippen molar-refractivity contribution in [3.63, 3.8) is 0 Å². The zero-order valence-corrected chi connectivity index (χ0v) is 26.8. The molecule has 0 radical (unpaired) electrons. The first-order chi connectivity index (χ1) is 21.4. The van der Waals surface area contributed by atoms with Crippen molar-refractivity contribution in [3.05, 3.63) is 100 Å². The van der Waals surface area contributed by atoms with Crippen LogP contribution in [-0.4, -0.2) is 40.2 Å². The average molecular weight is 650 g/mol. The third kappa shape index (κ3) is 7.26. The van der Waals surface area contributed by atoms with Crippen LogP contribution in [0.1, 0.15) is 55.8 Å². The van der Waals surface area contributed by atoms with Crippen LogP contribution >= 0.6 is 34.7 Å². The minimum atomic E-state index is -0.942. The molecule has 0 saturated carbocycles. The highest BCUT2D eigenvalue weighted by atomic mass is 35.5. The van der Waals surface area contributed by atoms with Gasteiger partial charge in [-0.3, -0.25) is 14.5 Å². The van der Waals surface area contributed by atoms with Gasteiger partial charge in [0.05, 0.1) is 24.8 Å². The number of rotatable bonds is 13. The van der Waals surface area contributed by atoms with Crippen molar-refractivity contribution in [2.75, 3.05) is 18.1 Å². The third-order valence-corrected chi connectivity index (χ3v) is 9.24. The fourth-order valence-corrected chi connectivity index (χ4v) is 6.57. The van der Waals surface area contributed by atoms with E-state index in [2.05, 4.69) is 17.1 Å². The van der Waals surface area contributed by atoms with Crippen molar-refractivity contribution >= 4 is 57.3 Å². The van der Waals surface area contributed by atoms with Gasteiger partial charge in [0, 0.05) is 16.3 Å². The van der Waals surface area contributed by atoms with Gasteiger partial charge in [-0.15, -0.1) is 10.2 Å². The Bertz CT molecular complexity index is 1640. The van der Waals surface area contributed by atoms with E-state index in [0.29, 0.717) is 51.0 Å². The number of halogens is 1. The summed E-state index contributed by atoms with van der Waals surface area (Å²) in [6, 6.07) is 20.6. The van der Waals surface area contributed by atoms with Crippen LogP contribution in [0.5, 0.6) is 11.5 Å². The first-order valence-electron chi connectivity index (χ1n) is 14.4. The van der Waals surface area contributed by atoms with Crippen LogP contribution in [0.15, 0.2) is 82.7 Å². The first kappa shape index (κ1) is 31.6. The number of aromatic nitrogens is 2. The molecule has 4 aromatic rings. The summed E-state index contributed by atoms with van der Waals surface area (Å²) >= 11 is 8.69. The van der Waals surface area contributed by atoms with Crippen LogP contribution in [-0.2, 0) is 15.3 Å². The van der Waals surface area contributed by atoms with E-state index < -0.39 is 17.7 Å². The molecule has 1 amide bonds. The number of unbranched alkanes of at least 4 members (excludes halogenated alkanes) is 1. The van der Waals surface area contributed by atoms with Crippen LogP contribution in [0.2, 0.25) is 5.02 Å². The molecule has 1 aliphatic rings. The number of ether oxygens (including phenoxy) is 2. The van der Waals surface area contributed by atoms with E-state index in [9.17, 15) is 14.7 Å². The second-order valence-electron chi connectivity index (χ2n) is 10.1. The molecule has 2 heterocycles. The Balaban J connectivity index is 1.51. The zero-order chi connectivity index (χ0) is 31.1. The summed E-state index contributed by atoms with van der Waals surface area (Å²) in [7, 11) is 0. The molecule has 1 unspecified atom stereocenters. The number of Topliss-reactive ketones (excluding diaryl/α,β-unsaturated/α-hetero) is 1. The number of amides is 1. The van der Waals surface area contributed by atoms with E-state index in [-0.39, 0.29) is 16.5 Å². The molecule has 5 rings (SSSR count). The summed E-state index contributed by atoms with van der Waals surface area (Å²) in [6.45, 7) is 5.20. The Labute approximate surface area is 269 Å². The Morgan fingerprint density at radius 2 is 1.70 bits per heavy atom. The Morgan fingerprint density at radius 1 is 0.955 bits per heavy atom. The SMILES string of the molecule is CCCCOc1cccc(C2C(=C(O)c3ccc(OCCC)cc3)C(=O)C(=O)N2c2nnc(SCc3ccc(Cl)cc3)s2)c1. The molecule has 44 heavy (non-hydrogen) atoms. The predicted octanol–water partition coefficient (Wildman–Crippen LogP) is 8.08. The number of aliphatic hydroxyl groups is 1. The predicted molar refractivity (Wildman–Crippen MR) is 175 cm³/mol. The molecule has 11 heteroatoms. The molecule has 1 aliphatic heterocycles. The van der Waals surface area contributed by atoms with Crippen LogP contribution in [0.25, 0.3) is 5.76 Å². The maximum Gasteiger partial charge on any atom is 0.301 e. The van der Waals surface area contributed by atoms with E-state index in [1.165, 1.54) is 28.0 Å². The van der Waals surface area contributed by atoms with Crippen molar-refractivity contribution < 1.29 is 24.2 Å². The Kier molecular flexibility index (Phi) is 10.6. The minimum absolute atomic E-state index is 0.0338. The summed E-state index contributed by atoms with van der Waals surface area (Å²) in [5.74, 6) is 0.00882. The molecule has 3 aromatic carbocycles. The Morgan fingerprint density at radius 3 is 2.43 bits per heavy atom. The fourth-order valence-electron chi connectivity index (χ4n) is 4.62. The molecule has 228 valence electrons. The number of hydrogen-bond donors (Lipinski definition) is 1. The van der Waals surface area contributed by atoms with E-state index in [1.54, 1.807) is 30.3 Å². The molecule has 1 aromatic heterocycles. The average Bonchev–Trinajstić information content (AvgIpc) is 3.61. The maximum atomic E-state index is 13.6. The van der Waals surface area contributed by atoms with Crippen LogP contribution in [0, 0.1) is 0 Å². The van der Waals surface area contributed by atoms with Gasteiger partial charge in [-0.1, -0.05) is 79.2 Å². The summed E-state index contributed by atoms with van der Waals surface area (Å²) in [4.78, 5) is 28.6. The molecule has 1 fully saturated rings. The van der Waals surface area contributed by atoms with Gasteiger partial charge in [-0.25, -0.2) is 0 Å². The van der Waals surface area contributed by atoms with Crippen molar-refractivity contribution in [2.45, 2.75) is 49.2 Å². The number of carbonyl (C=O) groups excluding carboxylic acids is 2. The lowest BCUT2D eigenvalue weighted by atomic mass is 9.95. The molecule has 0 spiro atoms. The number of anilines is 1. The molecule has 0 aliphatic carbocycles. The molecular formula is C33H32ClN3O5S2. The number of ketones is 1. The van der Waals surface area contributed by atoms with Gasteiger partial charge >= 0.3 is 5.91 Å². The van der Waals surface area contributed by atoms with Gasteiger partial charge < -0.3 is 14.6 Å². The van der Waals surface area contributed by atoms with E-state index >= 15 is 0 Å². The number of nitrogens with zero attached hydrogens (tertiary/aromatic N) is 3. The standard InChI is InChI=1S/C33H32ClN3O5S2/c1-3-5-18-42-26-8-6-7-23(19-26)28-27(29(38)22-11-15-25(16-12-22)41-17-4-2)30(39)31(40)37(28)32-35-36-33(44-32)43-20-21-9-13-24(34)14-10-21/h6-16,19,28,38H,3-5,17-18,20H2,1-2H3. The summed E-state index contributed by atoms with van der Waals surface area (Å²) in [5, 5.41) is 21.0. The van der Waals surface area contributed by atoms with Gasteiger partial charge in [0.15, 0.2) is 4.34 Å². The molecule has 0 bridgehead atoms. The van der Waals surface area contributed by atoms with Gasteiger partial charge in [-0.05, 0) is 72.5 Å². The quantitative estimate of drug-likeness (QED) is 0.0387. The minimum Gasteiger partial charge on any atom is -0.507 e. The maximum absolute atomic E-state index is 13.6. The van der Waals surface area contributed by atoms with Crippen molar-refractivity contribution in [1.82, 2.24) is 10.2 Å². The largest absolute Gasteiger partial charge is 0.507 e. The van der Waals surface area contributed by atoms with E-state index in [1.807, 2.05) is 49.4 Å². The fraction of sp³-hybridized carbons (Fsp3) is 0.273. The van der Waals surface area contributed by atoms with Crippen LogP contribution < -0.4 is 14.4 Å². The second-order valence-corrected chi connectivity index (χ2v) is 12.7. The van der Waals surface area contributed by atoms with Gasteiger partial charge in [0.1, 0.15) is 17.3 Å². The summed E-state index contributed by atoms with van der Waals surface area (Å²) in [6.07, 6.45) is 2.73. The van der Waals surface area contributed by atoms with E-state index in [0.717, 1.165) is 24.8 Å². The highest BCUT2D eigenvalue weighted by Crippen LogP contribution is 2.44. The van der Waals surface area contributed by atoms with Crippen molar-refractivity contribution in [2.24, 2.45) is 0 Å². The highest BCUT2D eigenvalue weighted by Gasteiger charge is 2.48. The highest BCUT2D eigenvalue weighted by molar-refractivity contribution is 8.00. The number of aliphatic hydroxyl groups excluding tert-OH is 1. The number of carbonyl (C=O) groups is 2. The third-order valence-electron chi connectivity index (χ3n) is 6.86. The second kappa shape index (κ2) is 14.7. The first-order valence-corrected chi connectivity index (χ1v) is 16.5. The van der Waals surface area contributed by atoms with Crippen LogP contribution in [0.4, 0.5) is 5.13 Å². The van der Waals surface area contributed by atoms with E-state index in [4.69, 9.17) is 21.1 Å². The molecular weight excluding hydrogens is 618 g/mol. The molecule has 1 atom stereocenters. The van der Waals surface area contributed by atoms with Gasteiger partial charge in [-0.2, -0.15) is 0 Å². The van der Waals surface area contributed by atoms with Gasteiger partial charge in [0.25, 0.3) is 5.78 Å². The van der Waals surface area contributed by atoms with Gasteiger partial charge in [0.2, 0.25) is 5.13 Å².